The minimum absolute atomic E-state index is 0.172. The van der Waals surface area contributed by atoms with Gasteiger partial charge in [0.25, 0.3) is 5.91 Å². The minimum atomic E-state index is -0.257. The summed E-state index contributed by atoms with van der Waals surface area (Å²) in [4.78, 5) is 16.2. The zero-order valence-electron chi connectivity index (χ0n) is 12.4. The average Bonchev–Trinajstić information content (AvgIpc) is 2.99. The highest BCUT2D eigenvalue weighted by Gasteiger charge is 2.09. The van der Waals surface area contributed by atoms with Crippen molar-refractivity contribution in [2.75, 3.05) is 0 Å². The van der Waals surface area contributed by atoms with Gasteiger partial charge in [-0.25, -0.2) is 4.98 Å². The standard InChI is InChI=1S/C16H14N4O3/c1-11-19-20-15(22-11)10-18-16(21)12-5-4-6-13(9-12)23-14-7-2-3-8-17-14/h2-9H,10H2,1H3,(H,18,21). The third-order valence-corrected chi connectivity index (χ3v) is 2.92. The van der Waals surface area contributed by atoms with Crippen LogP contribution >= 0.6 is 0 Å². The van der Waals surface area contributed by atoms with Crippen LogP contribution < -0.4 is 10.1 Å². The van der Waals surface area contributed by atoms with E-state index in [1.807, 2.05) is 6.07 Å². The molecule has 0 bridgehead atoms. The van der Waals surface area contributed by atoms with Gasteiger partial charge in [-0.2, -0.15) is 0 Å². The van der Waals surface area contributed by atoms with Gasteiger partial charge in [-0.3, -0.25) is 4.79 Å². The number of hydrogen-bond donors (Lipinski definition) is 1. The number of benzene rings is 1. The lowest BCUT2D eigenvalue weighted by molar-refractivity contribution is 0.0947. The third kappa shape index (κ3) is 3.91. The van der Waals surface area contributed by atoms with E-state index in [1.54, 1.807) is 49.5 Å². The lowest BCUT2D eigenvalue weighted by atomic mass is 10.2. The van der Waals surface area contributed by atoms with E-state index in [2.05, 4.69) is 20.5 Å². The second-order valence-electron chi connectivity index (χ2n) is 4.70. The molecule has 3 aromatic rings. The Bertz CT molecular complexity index is 802. The minimum Gasteiger partial charge on any atom is -0.439 e. The molecule has 7 heteroatoms. The van der Waals surface area contributed by atoms with Gasteiger partial charge in [0, 0.05) is 24.8 Å². The molecule has 7 nitrogen and oxygen atoms in total. The molecule has 0 aliphatic rings. The average molecular weight is 310 g/mol. The molecule has 0 saturated heterocycles. The highest BCUT2D eigenvalue weighted by molar-refractivity contribution is 5.94. The highest BCUT2D eigenvalue weighted by Crippen LogP contribution is 2.20. The number of carbonyl (C=O) groups is 1. The highest BCUT2D eigenvalue weighted by atomic mass is 16.5. The summed E-state index contributed by atoms with van der Waals surface area (Å²) in [6.07, 6.45) is 1.64. The van der Waals surface area contributed by atoms with Crippen molar-refractivity contribution in [2.45, 2.75) is 13.5 Å². The van der Waals surface area contributed by atoms with E-state index in [4.69, 9.17) is 9.15 Å². The van der Waals surface area contributed by atoms with Crippen molar-refractivity contribution < 1.29 is 13.9 Å². The van der Waals surface area contributed by atoms with Gasteiger partial charge in [-0.15, -0.1) is 10.2 Å². The summed E-state index contributed by atoms with van der Waals surface area (Å²) >= 11 is 0. The SMILES string of the molecule is Cc1nnc(CNC(=O)c2cccc(Oc3ccccn3)c2)o1. The summed E-state index contributed by atoms with van der Waals surface area (Å²) in [6, 6.07) is 12.2. The molecule has 1 N–H and O–H groups in total. The molecule has 0 unspecified atom stereocenters. The van der Waals surface area contributed by atoms with Crippen LogP contribution in [-0.2, 0) is 6.54 Å². The van der Waals surface area contributed by atoms with Crippen molar-refractivity contribution >= 4 is 5.91 Å². The number of amides is 1. The second-order valence-corrected chi connectivity index (χ2v) is 4.70. The van der Waals surface area contributed by atoms with Gasteiger partial charge >= 0.3 is 0 Å². The van der Waals surface area contributed by atoms with E-state index in [9.17, 15) is 4.79 Å². The first-order valence-electron chi connectivity index (χ1n) is 6.97. The fraction of sp³-hybridized carbons (Fsp3) is 0.125. The summed E-state index contributed by atoms with van der Waals surface area (Å²) in [5, 5.41) is 10.2. The summed E-state index contributed by atoms with van der Waals surface area (Å²) in [5.41, 5.74) is 0.467. The molecule has 116 valence electrons. The summed E-state index contributed by atoms with van der Waals surface area (Å²) in [5.74, 6) is 1.56. The predicted molar refractivity (Wildman–Crippen MR) is 81.0 cm³/mol. The van der Waals surface area contributed by atoms with Gasteiger partial charge in [0.2, 0.25) is 17.7 Å². The number of rotatable bonds is 5. The van der Waals surface area contributed by atoms with Gasteiger partial charge in [0.05, 0.1) is 6.54 Å². The second kappa shape index (κ2) is 6.69. The number of aryl methyl sites for hydroxylation is 1. The van der Waals surface area contributed by atoms with Crippen LogP contribution in [0.25, 0.3) is 0 Å². The molecule has 3 rings (SSSR count). The van der Waals surface area contributed by atoms with Crippen molar-refractivity contribution in [1.82, 2.24) is 20.5 Å². The first-order chi connectivity index (χ1) is 11.2. The third-order valence-electron chi connectivity index (χ3n) is 2.92. The first-order valence-corrected chi connectivity index (χ1v) is 6.97. The smallest absolute Gasteiger partial charge is 0.251 e. The Morgan fingerprint density at radius 1 is 1.22 bits per heavy atom. The summed E-state index contributed by atoms with van der Waals surface area (Å²) in [6.45, 7) is 1.86. The van der Waals surface area contributed by atoms with Crippen molar-refractivity contribution in [3.63, 3.8) is 0 Å². The van der Waals surface area contributed by atoms with Gasteiger partial charge in [-0.05, 0) is 24.3 Å². The fourth-order valence-corrected chi connectivity index (χ4v) is 1.90. The molecule has 0 aliphatic heterocycles. The number of carbonyl (C=O) groups excluding carboxylic acids is 1. The van der Waals surface area contributed by atoms with Crippen LogP contribution in [0.15, 0.2) is 53.1 Å². The molecule has 2 aromatic heterocycles. The Kier molecular flexibility index (Phi) is 4.28. The zero-order chi connectivity index (χ0) is 16.1. The van der Waals surface area contributed by atoms with E-state index in [-0.39, 0.29) is 12.5 Å². The maximum absolute atomic E-state index is 12.2. The summed E-state index contributed by atoms with van der Waals surface area (Å²) < 4.78 is 10.8. The van der Waals surface area contributed by atoms with Crippen LogP contribution in [0.4, 0.5) is 0 Å². The Morgan fingerprint density at radius 3 is 2.87 bits per heavy atom. The van der Waals surface area contributed by atoms with Crippen LogP contribution in [0.3, 0.4) is 0 Å². The Hall–Kier alpha value is -3.22. The Balaban J connectivity index is 1.65. The van der Waals surface area contributed by atoms with E-state index < -0.39 is 0 Å². The lowest BCUT2D eigenvalue weighted by Gasteiger charge is -2.07. The molecular weight excluding hydrogens is 296 g/mol. The van der Waals surface area contributed by atoms with Gasteiger partial charge in [0.1, 0.15) is 5.75 Å². The molecule has 1 aromatic carbocycles. The molecule has 0 aliphatic carbocycles. The molecule has 0 spiro atoms. The van der Waals surface area contributed by atoms with E-state index in [0.29, 0.717) is 29.0 Å². The maximum Gasteiger partial charge on any atom is 0.251 e. The molecule has 23 heavy (non-hydrogen) atoms. The van der Waals surface area contributed by atoms with Crippen molar-refractivity contribution in [3.05, 3.63) is 66.0 Å². The quantitative estimate of drug-likeness (QED) is 0.778. The number of aromatic nitrogens is 3. The van der Waals surface area contributed by atoms with E-state index in [1.165, 1.54) is 0 Å². The molecule has 0 radical (unpaired) electrons. The van der Waals surface area contributed by atoms with Gasteiger partial charge in [-0.1, -0.05) is 12.1 Å². The largest absolute Gasteiger partial charge is 0.439 e. The van der Waals surface area contributed by atoms with Crippen LogP contribution in [0.1, 0.15) is 22.1 Å². The molecule has 1 amide bonds. The van der Waals surface area contributed by atoms with E-state index in [0.717, 1.165) is 0 Å². The van der Waals surface area contributed by atoms with Crippen LogP contribution in [-0.4, -0.2) is 21.1 Å². The monoisotopic (exact) mass is 310 g/mol. The number of nitrogens with zero attached hydrogens (tertiary/aromatic N) is 3. The lowest BCUT2D eigenvalue weighted by Crippen LogP contribution is -2.22. The predicted octanol–water partition coefficient (Wildman–Crippen LogP) is 2.50. The number of pyridine rings is 1. The van der Waals surface area contributed by atoms with Gasteiger partial charge < -0.3 is 14.5 Å². The molecular formula is C16H14N4O3. The van der Waals surface area contributed by atoms with Crippen LogP contribution in [0.5, 0.6) is 11.6 Å². The Labute approximate surface area is 132 Å². The summed E-state index contributed by atoms with van der Waals surface area (Å²) in [7, 11) is 0. The first kappa shape index (κ1) is 14.7. The normalized spacial score (nSPS) is 10.3. The number of ether oxygens (including phenoxy) is 1. The van der Waals surface area contributed by atoms with Crippen molar-refractivity contribution in [2.24, 2.45) is 0 Å². The molecule has 2 heterocycles. The topological polar surface area (TPSA) is 90.1 Å². The van der Waals surface area contributed by atoms with Crippen molar-refractivity contribution in [1.29, 1.82) is 0 Å². The molecule has 0 atom stereocenters. The van der Waals surface area contributed by atoms with Gasteiger partial charge in [0.15, 0.2) is 0 Å². The zero-order valence-corrected chi connectivity index (χ0v) is 12.4. The number of nitrogens with one attached hydrogen (secondary N) is 1. The van der Waals surface area contributed by atoms with Crippen molar-refractivity contribution in [3.8, 4) is 11.6 Å². The number of hydrogen-bond acceptors (Lipinski definition) is 6. The molecule has 0 fully saturated rings. The Morgan fingerprint density at radius 2 is 2.13 bits per heavy atom. The van der Waals surface area contributed by atoms with E-state index >= 15 is 0 Å². The van der Waals surface area contributed by atoms with Crippen LogP contribution in [0, 0.1) is 6.92 Å². The maximum atomic E-state index is 12.2. The fourth-order valence-electron chi connectivity index (χ4n) is 1.90. The molecule has 0 saturated carbocycles. The van der Waals surface area contributed by atoms with Crippen LogP contribution in [0.2, 0.25) is 0 Å².